The molecule has 19 heavy (non-hydrogen) atoms. The zero-order valence-electron chi connectivity index (χ0n) is 10.0. The Balaban J connectivity index is 1.92. The zero-order valence-corrected chi connectivity index (χ0v) is 10.8. The summed E-state index contributed by atoms with van der Waals surface area (Å²) in [6.07, 6.45) is 1.76. The number of rotatable bonds is 3. The van der Waals surface area contributed by atoms with Crippen LogP contribution in [-0.2, 0) is 6.54 Å². The van der Waals surface area contributed by atoms with Crippen LogP contribution in [0.2, 0.25) is 0 Å². The molecule has 0 radical (unpaired) electrons. The Labute approximate surface area is 114 Å². The van der Waals surface area contributed by atoms with E-state index in [4.69, 9.17) is 5.26 Å². The van der Waals surface area contributed by atoms with Crippen LogP contribution in [0.3, 0.4) is 0 Å². The number of nitrogens with zero attached hydrogens (tertiary/aromatic N) is 4. The minimum absolute atomic E-state index is 0.614. The average Bonchev–Trinajstić information content (AvgIpc) is 3.09. The van der Waals surface area contributed by atoms with Crippen LogP contribution >= 0.6 is 11.3 Å². The highest BCUT2D eigenvalue weighted by Gasteiger charge is 2.08. The molecule has 0 atom stereocenters. The van der Waals surface area contributed by atoms with E-state index in [9.17, 15) is 0 Å². The summed E-state index contributed by atoms with van der Waals surface area (Å²) >= 11 is 1.66. The monoisotopic (exact) mass is 266 g/mol. The van der Waals surface area contributed by atoms with Crippen LogP contribution in [0.15, 0.2) is 48.0 Å². The first-order chi connectivity index (χ1) is 9.36. The number of benzene rings is 1. The Morgan fingerprint density at radius 3 is 3.00 bits per heavy atom. The number of hydrogen-bond donors (Lipinski definition) is 0. The van der Waals surface area contributed by atoms with E-state index in [2.05, 4.69) is 16.4 Å². The van der Waals surface area contributed by atoms with Crippen molar-refractivity contribution in [3.63, 3.8) is 0 Å². The fourth-order valence-electron chi connectivity index (χ4n) is 1.90. The first-order valence-corrected chi connectivity index (χ1v) is 6.66. The highest BCUT2D eigenvalue weighted by Crippen LogP contribution is 2.23. The van der Waals surface area contributed by atoms with E-state index in [1.807, 2.05) is 40.4 Å². The lowest BCUT2D eigenvalue weighted by atomic mass is 10.1. The minimum atomic E-state index is 0.614. The third-order valence-corrected chi connectivity index (χ3v) is 3.67. The SMILES string of the molecule is N#Cc1cccc(Cn2nncc2-c2cccs2)c1. The normalized spacial score (nSPS) is 10.3. The molecule has 0 aliphatic rings. The van der Waals surface area contributed by atoms with Gasteiger partial charge in [-0.3, -0.25) is 0 Å². The molecule has 0 aliphatic heterocycles. The van der Waals surface area contributed by atoms with Crippen LogP contribution in [-0.4, -0.2) is 15.0 Å². The largest absolute Gasteiger partial charge is 0.239 e. The molecule has 2 heterocycles. The van der Waals surface area contributed by atoms with E-state index in [0.717, 1.165) is 16.1 Å². The Morgan fingerprint density at radius 1 is 1.26 bits per heavy atom. The molecule has 5 heteroatoms. The second-order valence-corrected chi connectivity index (χ2v) is 5.01. The van der Waals surface area contributed by atoms with Crippen molar-refractivity contribution in [3.8, 4) is 16.6 Å². The van der Waals surface area contributed by atoms with Crippen LogP contribution in [0.4, 0.5) is 0 Å². The van der Waals surface area contributed by atoms with Crippen LogP contribution in [0, 0.1) is 11.3 Å². The molecule has 0 fully saturated rings. The van der Waals surface area contributed by atoms with Crippen molar-refractivity contribution in [1.29, 1.82) is 5.26 Å². The molecule has 0 saturated heterocycles. The van der Waals surface area contributed by atoms with E-state index < -0.39 is 0 Å². The summed E-state index contributed by atoms with van der Waals surface area (Å²) in [4.78, 5) is 1.14. The van der Waals surface area contributed by atoms with Gasteiger partial charge in [-0.2, -0.15) is 5.26 Å². The van der Waals surface area contributed by atoms with Gasteiger partial charge in [-0.25, -0.2) is 4.68 Å². The van der Waals surface area contributed by atoms with Crippen molar-refractivity contribution in [2.24, 2.45) is 0 Å². The van der Waals surface area contributed by atoms with Gasteiger partial charge in [0.15, 0.2) is 0 Å². The first-order valence-electron chi connectivity index (χ1n) is 5.78. The van der Waals surface area contributed by atoms with Gasteiger partial charge in [-0.15, -0.1) is 16.4 Å². The molecule has 0 unspecified atom stereocenters. The fraction of sp³-hybridized carbons (Fsp3) is 0.0714. The van der Waals surface area contributed by atoms with Gasteiger partial charge in [0.1, 0.15) is 0 Å². The summed E-state index contributed by atoms with van der Waals surface area (Å²) < 4.78 is 1.85. The predicted octanol–water partition coefficient (Wildman–Crippen LogP) is 2.93. The second-order valence-electron chi connectivity index (χ2n) is 4.07. The fourth-order valence-corrected chi connectivity index (χ4v) is 2.64. The lowest BCUT2D eigenvalue weighted by Crippen LogP contribution is -2.03. The van der Waals surface area contributed by atoms with Crippen LogP contribution < -0.4 is 0 Å². The standard InChI is InChI=1S/C14H10N4S/c15-8-11-3-1-4-12(7-11)10-18-13(9-16-17-18)14-5-2-6-19-14/h1-7,9H,10H2. The first kappa shape index (κ1) is 11.6. The summed E-state index contributed by atoms with van der Waals surface area (Å²) in [6.45, 7) is 0.614. The van der Waals surface area contributed by atoms with Gasteiger partial charge in [0.05, 0.1) is 34.9 Å². The molecular weight excluding hydrogens is 256 g/mol. The van der Waals surface area contributed by atoms with Gasteiger partial charge >= 0.3 is 0 Å². The smallest absolute Gasteiger partial charge is 0.0991 e. The number of nitriles is 1. The summed E-state index contributed by atoms with van der Waals surface area (Å²) in [6, 6.07) is 13.7. The zero-order chi connectivity index (χ0) is 13.1. The summed E-state index contributed by atoms with van der Waals surface area (Å²) in [5.41, 5.74) is 2.70. The summed E-state index contributed by atoms with van der Waals surface area (Å²) in [7, 11) is 0. The Bertz CT molecular complexity index is 722. The molecule has 2 aromatic heterocycles. The Kier molecular flexibility index (Phi) is 3.09. The Hall–Kier alpha value is -2.45. The molecule has 0 N–H and O–H groups in total. The van der Waals surface area contributed by atoms with Crippen molar-refractivity contribution in [3.05, 3.63) is 59.1 Å². The lowest BCUT2D eigenvalue weighted by molar-refractivity contribution is 0.656. The van der Waals surface area contributed by atoms with Crippen molar-refractivity contribution < 1.29 is 0 Å². The molecule has 0 bridgehead atoms. The van der Waals surface area contributed by atoms with E-state index in [1.54, 1.807) is 23.6 Å². The van der Waals surface area contributed by atoms with Crippen molar-refractivity contribution in [2.45, 2.75) is 6.54 Å². The van der Waals surface area contributed by atoms with E-state index in [-0.39, 0.29) is 0 Å². The van der Waals surface area contributed by atoms with Gasteiger partial charge in [0, 0.05) is 0 Å². The van der Waals surface area contributed by atoms with Crippen LogP contribution in [0.5, 0.6) is 0 Å². The highest BCUT2D eigenvalue weighted by atomic mass is 32.1. The minimum Gasteiger partial charge on any atom is -0.239 e. The quantitative estimate of drug-likeness (QED) is 0.732. The van der Waals surface area contributed by atoms with Gasteiger partial charge in [-0.1, -0.05) is 23.4 Å². The van der Waals surface area contributed by atoms with Gasteiger partial charge < -0.3 is 0 Å². The summed E-state index contributed by atoms with van der Waals surface area (Å²) in [5.74, 6) is 0. The van der Waals surface area contributed by atoms with E-state index >= 15 is 0 Å². The number of thiophene rings is 1. The van der Waals surface area contributed by atoms with Crippen molar-refractivity contribution >= 4 is 11.3 Å². The molecule has 3 rings (SSSR count). The second kappa shape index (κ2) is 5.04. The van der Waals surface area contributed by atoms with Crippen LogP contribution in [0.1, 0.15) is 11.1 Å². The topological polar surface area (TPSA) is 54.5 Å². The highest BCUT2D eigenvalue weighted by molar-refractivity contribution is 7.13. The van der Waals surface area contributed by atoms with Gasteiger partial charge in [0.25, 0.3) is 0 Å². The maximum atomic E-state index is 8.91. The predicted molar refractivity (Wildman–Crippen MR) is 73.6 cm³/mol. The number of hydrogen-bond acceptors (Lipinski definition) is 4. The lowest BCUT2D eigenvalue weighted by Gasteiger charge is -2.05. The third kappa shape index (κ3) is 2.39. The van der Waals surface area contributed by atoms with E-state index in [1.165, 1.54) is 0 Å². The average molecular weight is 266 g/mol. The van der Waals surface area contributed by atoms with E-state index in [0.29, 0.717) is 12.1 Å². The van der Waals surface area contributed by atoms with Gasteiger partial charge in [-0.05, 0) is 29.1 Å². The third-order valence-electron chi connectivity index (χ3n) is 2.78. The number of aromatic nitrogens is 3. The van der Waals surface area contributed by atoms with Gasteiger partial charge in [0.2, 0.25) is 0 Å². The Morgan fingerprint density at radius 2 is 2.21 bits per heavy atom. The molecule has 0 aliphatic carbocycles. The van der Waals surface area contributed by atoms with Crippen molar-refractivity contribution in [1.82, 2.24) is 15.0 Å². The summed E-state index contributed by atoms with van der Waals surface area (Å²) in [5, 5.41) is 19.0. The molecule has 0 spiro atoms. The maximum Gasteiger partial charge on any atom is 0.0991 e. The molecular formula is C14H10N4S. The maximum absolute atomic E-state index is 8.91. The molecule has 4 nitrogen and oxygen atoms in total. The molecule has 3 aromatic rings. The van der Waals surface area contributed by atoms with Crippen LogP contribution in [0.25, 0.3) is 10.6 Å². The molecule has 92 valence electrons. The molecule has 1 aromatic carbocycles. The van der Waals surface area contributed by atoms with Crippen molar-refractivity contribution in [2.75, 3.05) is 0 Å². The molecule has 0 amide bonds. The molecule has 0 saturated carbocycles.